The quantitative estimate of drug-likeness (QED) is 0.0497. The maximum absolute atomic E-state index is 13.6. The van der Waals surface area contributed by atoms with Gasteiger partial charge in [0.1, 0.15) is 0 Å². The van der Waals surface area contributed by atoms with Crippen molar-refractivity contribution in [2.45, 2.75) is 478 Å². The lowest BCUT2D eigenvalue weighted by Crippen LogP contribution is -2.12. The molecule has 0 aliphatic heterocycles. The molecule has 0 saturated carbocycles. The topological polar surface area (TPSA) is 114 Å². The monoisotopic (exact) mass is 1510 g/mol. The van der Waals surface area contributed by atoms with Crippen molar-refractivity contribution >= 4 is 23.2 Å². The number of benzene rings is 2. The molecule has 0 aliphatic carbocycles. The van der Waals surface area contributed by atoms with E-state index >= 15 is 0 Å². The van der Waals surface area contributed by atoms with Crippen LogP contribution in [0.5, 0.6) is 34.5 Å². The number of carbonyl (C=O) groups is 2. The van der Waals surface area contributed by atoms with Crippen LogP contribution in [-0.2, 0) is 9.59 Å². The van der Waals surface area contributed by atoms with Crippen molar-refractivity contribution in [2.24, 2.45) is 0 Å². The first-order chi connectivity index (χ1) is 53.4. The van der Waals surface area contributed by atoms with E-state index in [1.165, 1.54) is 308 Å². The summed E-state index contributed by atoms with van der Waals surface area (Å²) < 4.78 is 39.7. The van der Waals surface area contributed by atoms with Crippen LogP contribution < -0.4 is 39.1 Å². The summed E-state index contributed by atoms with van der Waals surface area (Å²) in [6.45, 7) is 17.3. The molecule has 2 rings (SSSR count). The highest BCUT2D eigenvalue weighted by atomic mass is 16.5. The van der Waals surface area contributed by atoms with E-state index in [4.69, 9.17) is 28.4 Å². The Morgan fingerprint density at radius 2 is 0.407 bits per heavy atom. The van der Waals surface area contributed by atoms with Crippen molar-refractivity contribution in [1.82, 2.24) is 0 Å². The summed E-state index contributed by atoms with van der Waals surface area (Å²) in [7, 11) is 0. The molecule has 0 unspecified atom stereocenters. The average Bonchev–Trinajstić information content (AvgIpc) is 0.829. The number of unbranched alkanes of at least 4 members (excludes halogenated alkanes) is 58. The Labute approximate surface area is 668 Å². The van der Waals surface area contributed by atoms with Crippen LogP contribution in [0.4, 0.5) is 11.4 Å². The van der Waals surface area contributed by atoms with Crippen LogP contribution in [0.25, 0.3) is 0 Å². The smallest absolute Gasteiger partial charge is 0.224 e. The molecule has 0 saturated heterocycles. The number of nitrogens with one attached hydrogen (secondary N) is 2. The first-order valence-corrected chi connectivity index (χ1v) is 47.1. The van der Waals surface area contributed by atoms with Crippen LogP contribution in [0.1, 0.15) is 478 Å². The van der Waals surface area contributed by atoms with Gasteiger partial charge in [-0.2, -0.15) is 0 Å². The zero-order chi connectivity index (χ0) is 77.4. The Balaban J connectivity index is 2.09. The molecule has 0 aliphatic rings. The fourth-order valence-electron chi connectivity index (χ4n) is 14.3. The second kappa shape index (κ2) is 79.0. The lowest BCUT2D eigenvalue weighted by Gasteiger charge is -2.19. The van der Waals surface area contributed by atoms with E-state index in [1.807, 2.05) is 24.3 Å². The molecule has 0 fully saturated rings. The molecule has 2 aromatic carbocycles. The lowest BCUT2D eigenvalue weighted by atomic mass is 10.1. The molecule has 2 amide bonds. The number of hydrogen-bond acceptors (Lipinski definition) is 8. The summed E-state index contributed by atoms with van der Waals surface area (Å²) >= 11 is 0. The molecule has 0 heterocycles. The highest BCUT2D eigenvalue weighted by Crippen LogP contribution is 2.43. The number of ether oxygens (including phenoxy) is 6. The Hall–Kier alpha value is -4.70. The molecule has 0 radical (unpaired) electrons. The number of amides is 2. The van der Waals surface area contributed by atoms with Crippen LogP contribution >= 0.6 is 0 Å². The van der Waals surface area contributed by atoms with E-state index in [9.17, 15) is 9.59 Å². The Morgan fingerprint density at radius 3 is 0.602 bits per heavy atom. The van der Waals surface area contributed by atoms with Gasteiger partial charge in [-0.3, -0.25) is 9.59 Å². The minimum Gasteiger partial charge on any atom is -0.489 e. The highest BCUT2D eigenvalue weighted by molar-refractivity contribution is 5.92. The number of anilines is 2. The largest absolute Gasteiger partial charge is 0.489 e. The molecule has 108 heavy (non-hydrogen) atoms. The third-order valence-corrected chi connectivity index (χ3v) is 21.3. The predicted molar refractivity (Wildman–Crippen MR) is 467 cm³/mol. The molecule has 0 bridgehead atoms. The van der Waals surface area contributed by atoms with E-state index in [0.717, 1.165) is 103 Å². The summed E-state index contributed by atoms with van der Waals surface area (Å²) in [4.78, 5) is 27.3. The van der Waals surface area contributed by atoms with Gasteiger partial charge in [0, 0.05) is 61.3 Å². The second-order valence-electron chi connectivity index (χ2n) is 31.9. The third kappa shape index (κ3) is 61.9. The summed E-state index contributed by atoms with van der Waals surface area (Å²) in [6.07, 6.45) is 81.3. The fraction of sp³-hybridized carbons (Fsp3) is 0.816. The Morgan fingerprint density at radius 1 is 0.231 bits per heavy atom. The van der Waals surface area contributed by atoms with Crippen molar-refractivity contribution in [3.8, 4) is 58.2 Å². The van der Waals surface area contributed by atoms with E-state index < -0.39 is 0 Å². The first kappa shape index (κ1) is 99.4. The number of rotatable bonds is 82. The standard InChI is InChI=1S/C98H172N2O8/c1-7-13-19-25-31-37-47-55-63-71-79-103-91-85-89(86-92(104-80-72-64-56-48-38-32-26-20-14-8-2)97(91)107-83-75-67-59-51-41-35-29-23-17-11-5)99-95(101)77-69-61-53-45-43-44-46-54-62-70-78-96(102)100-90-87-93(105-81-73-65-57-49-39-33-27-21-15-9-3)98(108-84-76-68-60-52-42-36-30-24-18-12-6)94(88-90)106-82-74-66-58-50-40-34-28-22-16-10-4/h85-88H,7-42,47-84H2,1-6H3,(H,99,101)(H,100,102). The Bertz CT molecular complexity index is 2190. The van der Waals surface area contributed by atoms with Gasteiger partial charge in [-0.05, 0) is 76.0 Å². The predicted octanol–water partition coefficient (Wildman–Crippen LogP) is 31.2. The molecule has 10 heteroatoms. The van der Waals surface area contributed by atoms with Crippen molar-refractivity contribution in [3.05, 3.63) is 24.3 Å². The van der Waals surface area contributed by atoms with Crippen LogP contribution in [0.2, 0.25) is 0 Å². The van der Waals surface area contributed by atoms with Gasteiger partial charge in [0.2, 0.25) is 23.3 Å². The lowest BCUT2D eigenvalue weighted by molar-refractivity contribution is -0.117. The van der Waals surface area contributed by atoms with Gasteiger partial charge in [0.15, 0.2) is 23.0 Å². The van der Waals surface area contributed by atoms with Gasteiger partial charge >= 0.3 is 0 Å². The molecule has 2 aromatic rings. The zero-order valence-corrected chi connectivity index (χ0v) is 71.9. The molecule has 2 N–H and O–H groups in total. The molecule has 10 nitrogen and oxygen atoms in total. The van der Waals surface area contributed by atoms with Gasteiger partial charge < -0.3 is 39.1 Å². The summed E-state index contributed by atoms with van der Waals surface area (Å²) in [6, 6.07) is 7.83. The highest BCUT2D eigenvalue weighted by Gasteiger charge is 2.20. The summed E-state index contributed by atoms with van der Waals surface area (Å²) in [5, 5.41) is 6.42. The van der Waals surface area contributed by atoms with Gasteiger partial charge in [0.05, 0.1) is 39.6 Å². The number of carbonyl (C=O) groups excluding carboxylic acids is 2. The van der Waals surface area contributed by atoms with Gasteiger partial charge in [0.25, 0.3) is 0 Å². The number of hydrogen-bond donors (Lipinski definition) is 2. The molecule has 0 aromatic heterocycles. The van der Waals surface area contributed by atoms with E-state index in [2.05, 4.69) is 75.9 Å². The molecular formula is C98H172N2O8. The molecule has 0 atom stereocenters. The van der Waals surface area contributed by atoms with Crippen molar-refractivity contribution in [3.63, 3.8) is 0 Å². The van der Waals surface area contributed by atoms with Gasteiger partial charge in [-0.25, -0.2) is 0 Å². The van der Waals surface area contributed by atoms with E-state index in [-0.39, 0.29) is 11.8 Å². The van der Waals surface area contributed by atoms with Crippen LogP contribution in [0.15, 0.2) is 24.3 Å². The maximum Gasteiger partial charge on any atom is 0.224 e. The zero-order valence-electron chi connectivity index (χ0n) is 71.9. The van der Waals surface area contributed by atoms with Crippen molar-refractivity contribution in [1.29, 1.82) is 0 Å². The van der Waals surface area contributed by atoms with Crippen molar-refractivity contribution in [2.75, 3.05) is 50.3 Å². The molecular weight excluding hydrogens is 1330 g/mol. The second-order valence-corrected chi connectivity index (χ2v) is 31.9. The minimum absolute atomic E-state index is 0.0311. The van der Waals surface area contributed by atoms with E-state index in [0.29, 0.717) is 111 Å². The van der Waals surface area contributed by atoms with Crippen LogP contribution in [-0.4, -0.2) is 51.5 Å². The summed E-state index contributed by atoms with van der Waals surface area (Å²) in [5.41, 5.74) is 1.37. The first-order valence-electron chi connectivity index (χ1n) is 47.1. The van der Waals surface area contributed by atoms with Crippen LogP contribution in [0.3, 0.4) is 0 Å². The van der Waals surface area contributed by atoms with Crippen LogP contribution in [0, 0.1) is 23.7 Å². The third-order valence-electron chi connectivity index (χ3n) is 21.3. The Kier molecular flexibility index (Phi) is 72.7. The normalized spacial score (nSPS) is 11.1. The molecule has 622 valence electrons. The fourth-order valence-corrected chi connectivity index (χ4v) is 14.3. The van der Waals surface area contributed by atoms with Gasteiger partial charge in [-0.1, -0.05) is 400 Å². The maximum atomic E-state index is 13.6. The minimum atomic E-state index is -0.0311. The van der Waals surface area contributed by atoms with E-state index in [1.54, 1.807) is 0 Å². The summed E-state index contributed by atoms with van der Waals surface area (Å²) in [5.74, 6) is 16.5. The molecule has 0 spiro atoms. The SMILES string of the molecule is CCCCCCCCCCCCOc1cc(NC(=O)CCCCC#CC#CCCCCC(=O)Nc2cc(OCCCCCCCCCCCC)c(OCCCCCCCCCCCC)c(OCCCCCCCCCCCC)c2)cc(OCCCCCCCCCCCC)c1OCCCCCCCCCCCC. The average molecular weight is 1510 g/mol. The van der Waals surface area contributed by atoms with Crippen molar-refractivity contribution < 1.29 is 38.0 Å². The van der Waals surface area contributed by atoms with Gasteiger partial charge in [-0.15, -0.1) is 0 Å².